The third-order valence-corrected chi connectivity index (χ3v) is 3.59. The van der Waals surface area contributed by atoms with Crippen molar-refractivity contribution in [2.75, 3.05) is 13.1 Å². The summed E-state index contributed by atoms with van der Waals surface area (Å²) in [6.45, 7) is 8.66. The quantitative estimate of drug-likeness (QED) is 0.790. The number of aryl methyl sites for hydroxylation is 1. The van der Waals surface area contributed by atoms with Gasteiger partial charge in [0.1, 0.15) is 11.7 Å². The zero-order valence-corrected chi connectivity index (χ0v) is 13.6. The highest BCUT2D eigenvalue weighted by Gasteiger charge is 2.24. The van der Waals surface area contributed by atoms with Crippen LogP contribution in [-0.2, 0) is 4.74 Å². The van der Waals surface area contributed by atoms with Crippen LogP contribution < -0.4 is 0 Å². The highest BCUT2D eigenvalue weighted by atomic mass is 16.6. The highest BCUT2D eigenvalue weighted by molar-refractivity contribution is 5.75. The average molecular weight is 298 g/mol. The van der Waals surface area contributed by atoms with Crippen molar-refractivity contribution in [1.29, 1.82) is 5.26 Å². The SMILES string of the molecule is Cc1cccc(C2=CCN(C(=O)OC(C)(C)C)CC2)c1C#N. The molecule has 1 amide bonds. The molecule has 0 saturated heterocycles. The zero-order chi connectivity index (χ0) is 16.3. The summed E-state index contributed by atoms with van der Waals surface area (Å²) in [7, 11) is 0. The number of carbonyl (C=O) groups is 1. The molecule has 0 atom stereocenters. The number of amides is 1. The van der Waals surface area contributed by atoms with E-state index in [1.165, 1.54) is 0 Å². The molecule has 1 heterocycles. The van der Waals surface area contributed by atoms with Gasteiger partial charge in [-0.1, -0.05) is 24.3 Å². The molecule has 4 nitrogen and oxygen atoms in total. The molecule has 1 aliphatic rings. The first-order chi connectivity index (χ1) is 10.3. The number of benzene rings is 1. The molecule has 2 rings (SSSR count). The van der Waals surface area contributed by atoms with E-state index < -0.39 is 5.60 Å². The van der Waals surface area contributed by atoms with Gasteiger partial charge in [-0.25, -0.2) is 4.79 Å². The van der Waals surface area contributed by atoms with Crippen LogP contribution in [0.4, 0.5) is 4.79 Å². The van der Waals surface area contributed by atoms with Crippen LogP contribution in [0.2, 0.25) is 0 Å². The molecule has 0 spiro atoms. The van der Waals surface area contributed by atoms with Gasteiger partial charge in [-0.3, -0.25) is 0 Å². The molecule has 0 N–H and O–H groups in total. The molecule has 0 aliphatic carbocycles. The fraction of sp³-hybridized carbons (Fsp3) is 0.444. The van der Waals surface area contributed by atoms with Crippen LogP contribution in [0.15, 0.2) is 24.3 Å². The molecule has 0 fully saturated rings. The molecule has 0 unspecified atom stereocenters. The molecule has 0 radical (unpaired) electrons. The van der Waals surface area contributed by atoms with Crippen LogP contribution in [0, 0.1) is 18.3 Å². The van der Waals surface area contributed by atoms with E-state index in [9.17, 15) is 10.1 Å². The van der Waals surface area contributed by atoms with Crippen molar-refractivity contribution in [3.63, 3.8) is 0 Å². The number of hydrogen-bond acceptors (Lipinski definition) is 3. The lowest BCUT2D eigenvalue weighted by atomic mass is 9.93. The van der Waals surface area contributed by atoms with Gasteiger partial charge in [-0.05, 0) is 50.8 Å². The second-order valence-electron chi connectivity index (χ2n) is 6.51. The molecule has 1 aromatic carbocycles. The minimum Gasteiger partial charge on any atom is -0.444 e. The Kier molecular flexibility index (Phi) is 4.56. The average Bonchev–Trinajstić information content (AvgIpc) is 2.45. The van der Waals surface area contributed by atoms with Gasteiger partial charge in [0.05, 0.1) is 5.56 Å². The maximum absolute atomic E-state index is 12.1. The first-order valence-electron chi connectivity index (χ1n) is 7.49. The minimum absolute atomic E-state index is 0.285. The van der Waals surface area contributed by atoms with Gasteiger partial charge in [0, 0.05) is 13.1 Å². The third kappa shape index (κ3) is 3.67. The Morgan fingerprint density at radius 1 is 1.36 bits per heavy atom. The number of ether oxygens (including phenoxy) is 1. The number of hydrogen-bond donors (Lipinski definition) is 0. The van der Waals surface area contributed by atoms with Gasteiger partial charge in [0.15, 0.2) is 0 Å². The van der Waals surface area contributed by atoms with Crippen molar-refractivity contribution < 1.29 is 9.53 Å². The zero-order valence-electron chi connectivity index (χ0n) is 13.6. The molecular weight excluding hydrogens is 276 g/mol. The molecule has 22 heavy (non-hydrogen) atoms. The minimum atomic E-state index is -0.481. The first kappa shape index (κ1) is 16.1. The monoisotopic (exact) mass is 298 g/mol. The van der Waals surface area contributed by atoms with E-state index in [4.69, 9.17) is 4.74 Å². The van der Waals surface area contributed by atoms with Crippen molar-refractivity contribution in [1.82, 2.24) is 4.90 Å². The van der Waals surface area contributed by atoms with E-state index in [-0.39, 0.29) is 6.09 Å². The molecule has 4 heteroatoms. The molecule has 0 bridgehead atoms. The van der Waals surface area contributed by atoms with Crippen LogP contribution in [0.3, 0.4) is 0 Å². The Bertz CT molecular complexity index is 648. The van der Waals surface area contributed by atoms with Gasteiger partial charge in [-0.15, -0.1) is 0 Å². The topological polar surface area (TPSA) is 53.3 Å². The lowest BCUT2D eigenvalue weighted by Gasteiger charge is -2.29. The van der Waals surface area contributed by atoms with Crippen LogP contribution in [0.5, 0.6) is 0 Å². The Hall–Kier alpha value is -2.28. The Morgan fingerprint density at radius 3 is 2.64 bits per heavy atom. The van der Waals surface area contributed by atoms with Gasteiger partial charge in [0.2, 0.25) is 0 Å². The summed E-state index contributed by atoms with van der Waals surface area (Å²) in [6.07, 6.45) is 2.47. The summed E-state index contributed by atoms with van der Waals surface area (Å²) in [4.78, 5) is 13.7. The fourth-order valence-electron chi connectivity index (χ4n) is 2.49. The van der Waals surface area contributed by atoms with Crippen molar-refractivity contribution in [3.05, 3.63) is 41.0 Å². The maximum Gasteiger partial charge on any atom is 0.410 e. The maximum atomic E-state index is 12.1. The Balaban J connectivity index is 2.15. The van der Waals surface area contributed by atoms with Crippen LogP contribution >= 0.6 is 0 Å². The van der Waals surface area contributed by atoms with E-state index >= 15 is 0 Å². The molecule has 1 aliphatic heterocycles. The molecule has 0 saturated carbocycles. The number of rotatable bonds is 1. The van der Waals surface area contributed by atoms with Crippen molar-refractivity contribution >= 4 is 11.7 Å². The second-order valence-corrected chi connectivity index (χ2v) is 6.51. The van der Waals surface area contributed by atoms with E-state index in [0.29, 0.717) is 13.1 Å². The van der Waals surface area contributed by atoms with E-state index in [2.05, 4.69) is 6.07 Å². The Morgan fingerprint density at radius 2 is 2.09 bits per heavy atom. The second kappa shape index (κ2) is 6.23. The molecule has 0 aromatic heterocycles. The van der Waals surface area contributed by atoms with Crippen LogP contribution in [0.25, 0.3) is 5.57 Å². The predicted octanol–water partition coefficient (Wildman–Crippen LogP) is 3.89. The van der Waals surface area contributed by atoms with E-state index in [1.54, 1.807) is 4.90 Å². The summed E-state index contributed by atoms with van der Waals surface area (Å²) in [5.74, 6) is 0. The molecular formula is C18H22N2O2. The van der Waals surface area contributed by atoms with E-state index in [1.807, 2.05) is 52.0 Å². The smallest absolute Gasteiger partial charge is 0.410 e. The molecule has 1 aromatic rings. The van der Waals surface area contributed by atoms with Gasteiger partial charge >= 0.3 is 6.09 Å². The number of nitriles is 1. The highest BCUT2D eigenvalue weighted by Crippen LogP contribution is 2.27. The lowest BCUT2D eigenvalue weighted by molar-refractivity contribution is 0.0270. The Labute approximate surface area is 132 Å². The normalized spacial score (nSPS) is 15.0. The fourth-order valence-corrected chi connectivity index (χ4v) is 2.49. The summed E-state index contributed by atoms with van der Waals surface area (Å²) < 4.78 is 5.39. The van der Waals surface area contributed by atoms with Crippen molar-refractivity contribution in [2.24, 2.45) is 0 Å². The van der Waals surface area contributed by atoms with Crippen LogP contribution in [0.1, 0.15) is 43.9 Å². The van der Waals surface area contributed by atoms with Gasteiger partial charge < -0.3 is 9.64 Å². The van der Waals surface area contributed by atoms with Gasteiger partial charge in [0.25, 0.3) is 0 Å². The van der Waals surface area contributed by atoms with E-state index in [0.717, 1.165) is 28.7 Å². The largest absolute Gasteiger partial charge is 0.444 e. The summed E-state index contributed by atoms with van der Waals surface area (Å²) in [5.41, 5.74) is 3.33. The summed E-state index contributed by atoms with van der Waals surface area (Å²) in [5, 5.41) is 9.34. The third-order valence-electron chi connectivity index (χ3n) is 3.59. The van der Waals surface area contributed by atoms with Crippen LogP contribution in [-0.4, -0.2) is 29.7 Å². The van der Waals surface area contributed by atoms with Gasteiger partial charge in [-0.2, -0.15) is 5.26 Å². The summed E-state index contributed by atoms with van der Waals surface area (Å²) >= 11 is 0. The van der Waals surface area contributed by atoms with Crippen molar-refractivity contribution in [3.8, 4) is 6.07 Å². The van der Waals surface area contributed by atoms with Crippen molar-refractivity contribution in [2.45, 2.75) is 39.7 Å². The number of nitrogens with zero attached hydrogens (tertiary/aromatic N) is 2. The molecule has 116 valence electrons. The lowest BCUT2D eigenvalue weighted by Crippen LogP contribution is -2.39. The first-order valence-corrected chi connectivity index (χ1v) is 7.49. The summed E-state index contributed by atoms with van der Waals surface area (Å²) in [6, 6.07) is 8.16. The predicted molar refractivity (Wildman–Crippen MR) is 86.3 cm³/mol. The standard InChI is InChI=1S/C18H22N2O2/c1-13-6-5-7-15(16(13)12-19)14-8-10-20(11-9-14)17(21)22-18(2,3)4/h5-8H,9-11H2,1-4H3. The number of carbonyl (C=O) groups excluding carboxylic acids is 1.